The quantitative estimate of drug-likeness (QED) is 0.336. The van der Waals surface area contributed by atoms with Gasteiger partial charge in [-0.15, -0.1) is 0 Å². The van der Waals surface area contributed by atoms with E-state index in [9.17, 15) is 22.8 Å². The summed E-state index contributed by atoms with van der Waals surface area (Å²) in [6.07, 6.45) is -2.95. The summed E-state index contributed by atoms with van der Waals surface area (Å²) in [5.74, 6) is -1.53. The third-order valence-electron chi connectivity index (χ3n) is 5.63. The lowest BCUT2D eigenvalue weighted by Gasteiger charge is -2.17. The van der Waals surface area contributed by atoms with E-state index in [0.717, 1.165) is 12.1 Å². The van der Waals surface area contributed by atoms with Crippen LogP contribution >= 0.6 is 0 Å². The minimum atomic E-state index is -4.51. The minimum Gasteiger partial charge on any atom is -0.478 e. The zero-order valence-electron chi connectivity index (χ0n) is 18.7. The average molecular weight is 482 g/mol. The van der Waals surface area contributed by atoms with E-state index in [-0.39, 0.29) is 16.9 Å². The third-order valence-corrected chi connectivity index (χ3v) is 5.63. The number of carboxylic acids is 1. The van der Waals surface area contributed by atoms with Crippen molar-refractivity contribution in [1.29, 1.82) is 0 Å². The van der Waals surface area contributed by atoms with Crippen LogP contribution in [0.15, 0.2) is 66.9 Å². The lowest BCUT2D eigenvalue weighted by molar-refractivity contribution is -0.137. The topological polar surface area (TPSA) is 96.3 Å². The Morgan fingerprint density at radius 3 is 2.43 bits per heavy atom. The summed E-state index contributed by atoms with van der Waals surface area (Å²) in [7, 11) is 1.65. The number of hydrogen-bond donors (Lipinski definition) is 3. The number of carbonyl (C=O) groups excluding carboxylic acids is 1. The van der Waals surface area contributed by atoms with Crippen LogP contribution in [0.2, 0.25) is 0 Å². The summed E-state index contributed by atoms with van der Waals surface area (Å²) in [5.41, 5.74) is 1.15. The largest absolute Gasteiger partial charge is 0.478 e. The first kappa shape index (κ1) is 23.8. The summed E-state index contributed by atoms with van der Waals surface area (Å²) in [6.45, 7) is 1.74. The average Bonchev–Trinajstić information content (AvgIpc) is 3.10. The molecule has 0 aliphatic heterocycles. The molecule has 1 amide bonds. The van der Waals surface area contributed by atoms with Gasteiger partial charge in [0.15, 0.2) is 0 Å². The number of aromatic nitrogens is 2. The fraction of sp³-hybridized carbons (Fsp3) is 0.160. The third kappa shape index (κ3) is 4.81. The molecule has 180 valence electrons. The molecule has 2 aromatic carbocycles. The summed E-state index contributed by atoms with van der Waals surface area (Å²) in [4.78, 5) is 28.8. The molecule has 0 saturated carbocycles. The first-order valence-corrected chi connectivity index (χ1v) is 10.6. The molecule has 4 aromatic rings. The molecular formula is C25H21F3N4O3. The van der Waals surface area contributed by atoms with Gasteiger partial charge < -0.3 is 20.3 Å². The lowest BCUT2D eigenvalue weighted by atomic mass is 10.1. The number of aromatic carboxylic acids is 1. The molecule has 0 aliphatic carbocycles. The molecule has 4 rings (SSSR count). The van der Waals surface area contributed by atoms with Crippen molar-refractivity contribution >= 4 is 34.3 Å². The number of hydrogen-bond acceptors (Lipinski definition) is 4. The Bertz CT molecular complexity index is 1410. The Morgan fingerprint density at radius 1 is 1.06 bits per heavy atom. The molecule has 1 atom stereocenters. The summed E-state index contributed by atoms with van der Waals surface area (Å²) in [5, 5.41) is 15.5. The number of halogens is 3. The number of fused-ring (bicyclic) bond motifs is 1. The highest BCUT2D eigenvalue weighted by molar-refractivity contribution is 6.09. The first-order chi connectivity index (χ1) is 16.6. The van der Waals surface area contributed by atoms with Gasteiger partial charge in [-0.2, -0.15) is 13.2 Å². The van der Waals surface area contributed by atoms with Gasteiger partial charge in [0.2, 0.25) is 0 Å². The van der Waals surface area contributed by atoms with Gasteiger partial charge in [0.05, 0.1) is 22.9 Å². The van der Waals surface area contributed by atoms with Crippen LogP contribution < -0.4 is 10.6 Å². The van der Waals surface area contributed by atoms with Crippen LogP contribution in [0.5, 0.6) is 0 Å². The Balaban J connectivity index is 1.69. The maximum absolute atomic E-state index is 13.4. The zero-order valence-corrected chi connectivity index (χ0v) is 18.7. The molecule has 2 heterocycles. The highest BCUT2D eigenvalue weighted by Gasteiger charge is 2.31. The number of nitrogens with zero attached hydrogens (tertiary/aromatic N) is 2. The van der Waals surface area contributed by atoms with Gasteiger partial charge in [0.1, 0.15) is 11.3 Å². The maximum Gasteiger partial charge on any atom is 0.416 e. The SMILES string of the molecule is C[C@H](NC(=O)c1c(Nc2cccc(C(F)(F)F)c2)c2cccnc2n1C)c1ccc(C(=O)O)cc1. The number of anilines is 2. The van der Waals surface area contributed by atoms with Crippen LogP contribution in [0.3, 0.4) is 0 Å². The first-order valence-electron chi connectivity index (χ1n) is 10.6. The Kier molecular flexibility index (Phi) is 6.21. The number of pyridine rings is 1. The highest BCUT2D eigenvalue weighted by Crippen LogP contribution is 2.35. The number of aryl methyl sites for hydroxylation is 1. The molecule has 3 N–H and O–H groups in total. The Labute approximate surface area is 198 Å². The second kappa shape index (κ2) is 9.13. The molecule has 2 aromatic heterocycles. The summed E-state index contributed by atoms with van der Waals surface area (Å²) < 4.78 is 41.2. The molecule has 35 heavy (non-hydrogen) atoms. The summed E-state index contributed by atoms with van der Waals surface area (Å²) in [6, 6.07) is 13.8. The van der Waals surface area contributed by atoms with E-state index >= 15 is 0 Å². The predicted octanol–water partition coefficient (Wildman–Crippen LogP) is 5.52. The van der Waals surface area contributed by atoms with Crippen molar-refractivity contribution in [3.05, 3.63) is 89.2 Å². The van der Waals surface area contributed by atoms with E-state index in [2.05, 4.69) is 15.6 Å². The van der Waals surface area contributed by atoms with E-state index in [0.29, 0.717) is 22.3 Å². The van der Waals surface area contributed by atoms with Crippen LogP contribution in [0.25, 0.3) is 11.0 Å². The zero-order chi connectivity index (χ0) is 25.3. The van der Waals surface area contributed by atoms with Gasteiger partial charge in [-0.05, 0) is 55.0 Å². The second-order valence-electron chi connectivity index (χ2n) is 7.98. The van der Waals surface area contributed by atoms with Crippen molar-refractivity contribution in [2.75, 3.05) is 5.32 Å². The van der Waals surface area contributed by atoms with Crippen molar-refractivity contribution < 1.29 is 27.9 Å². The van der Waals surface area contributed by atoms with Gasteiger partial charge in [0, 0.05) is 24.3 Å². The number of carboxylic acid groups (broad SMARTS) is 1. The Hall–Kier alpha value is -4.34. The van der Waals surface area contributed by atoms with E-state index in [4.69, 9.17) is 5.11 Å². The molecular weight excluding hydrogens is 461 g/mol. The minimum absolute atomic E-state index is 0.125. The van der Waals surface area contributed by atoms with Crippen molar-refractivity contribution in [1.82, 2.24) is 14.9 Å². The molecule has 0 spiro atoms. The van der Waals surface area contributed by atoms with Gasteiger partial charge in [-0.3, -0.25) is 4.79 Å². The molecule has 0 aliphatic rings. The van der Waals surface area contributed by atoms with Crippen LogP contribution in [-0.4, -0.2) is 26.5 Å². The van der Waals surface area contributed by atoms with Gasteiger partial charge in [0.25, 0.3) is 5.91 Å². The van der Waals surface area contributed by atoms with Crippen LogP contribution in [0.4, 0.5) is 24.5 Å². The number of nitrogens with one attached hydrogen (secondary N) is 2. The van der Waals surface area contributed by atoms with Gasteiger partial charge in [-0.1, -0.05) is 18.2 Å². The van der Waals surface area contributed by atoms with Crippen molar-refractivity contribution in [2.45, 2.75) is 19.1 Å². The number of amides is 1. The number of alkyl halides is 3. The van der Waals surface area contributed by atoms with Crippen LogP contribution in [-0.2, 0) is 13.2 Å². The van der Waals surface area contributed by atoms with Gasteiger partial charge in [-0.25, -0.2) is 9.78 Å². The number of rotatable bonds is 6. The molecule has 0 radical (unpaired) electrons. The van der Waals surface area contributed by atoms with Crippen LogP contribution in [0.1, 0.15) is 44.9 Å². The molecule has 7 nitrogen and oxygen atoms in total. The number of benzene rings is 2. The van der Waals surface area contributed by atoms with Crippen molar-refractivity contribution in [3.8, 4) is 0 Å². The van der Waals surface area contributed by atoms with E-state index in [1.165, 1.54) is 24.3 Å². The standard InChI is InChI=1S/C25H21F3N4O3/c1-14(15-8-10-16(11-9-15)24(34)35)30-23(33)21-20(19-7-4-12-29-22(19)32(21)2)31-18-6-3-5-17(13-18)25(26,27)28/h3-14,31H,1-2H3,(H,30,33)(H,34,35)/t14-/m0/s1. The van der Waals surface area contributed by atoms with Crippen molar-refractivity contribution in [3.63, 3.8) is 0 Å². The van der Waals surface area contributed by atoms with E-state index in [1.807, 2.05) is 0 Å². The number of carbonyl (C=O) groups is 2. The summed E-state index contributed by atoms with van der Waals surface area (Å²) >= 11 is 0. The van der Waals surface area contributed by atoms with Crippen LogP contribution in [0, 0.1) is 0 Å². The molecule has 0 saturated heterocycles. The maximum atomic E-state index is 13.4. The highest BCUT2D eigenvalue weighted by atomic mass is 19.4. The van der Waals surface area contributed by atoms with Gasteiger partial charge >= 0.3 is 12.1 Å². The fourth-order valence-corrected chi connectivity index (χ4v) is 3.83. The fourth-order valence-electron chi connectivity index (χ4n) is 3.83. The molecule has 0 unspecified atom stereocenters. The lowest BCUT2D eigenvalue weighted by Crippen LogP contribution is -2.29. The molecule has 0 bridgehead atoms. The predicted molar refractivity (Wildman–Crippen MR) is 125 cm³/mol. The smallest absolute Gasteiger partial charge is 0.416 e. The molecule has 10 heteroatoms. The monoisotopic (exact) mass is 482 g/mol. The normalized spacial score (nSPS) is 12.4. The second-order valence-corrected chi connectivity index (χ2v) is 7.98. The van der Waals surface area contributed by atoms with E-state index < -0.39 is 29.7 Å². The Morgan fingerprint density at radius 2 is 1.77 bits per heavy atom. The van der Waals surface area contributed by atoms with Crippen molar-refractivity contribution in [2.24, 2.45) is 7.05 Å². The van der Waals surface area contributed by atoms with E-state index in [1.54, 1.807) is 49.0 Å². The molecule has 0 fully saturated rings.